The first-order valence-electron chi connectivity index (χ1n) is 6.19. The molecule has 1 aromatic carbocycles. The smallest absolute Gasteiger partial charge is 0.184 e. The van der Waals surface area contributed by atoms with Crippen LogP contribution in [0.15, 0.2) is 12.1 Å². The Morgan fingerprint density at radius 1 is 1.18 bits per heavy atom. The van der Waals surface area contributed by atoms with Crippen molar-refractivity contribution < 1.29 is 14.2 Å². The van der Waals surface area contributed by atoms with Crippen molar-refractivity contribution >= 4 is 0 Å². The van der Waals surface area contributed by atoms with E-state index in [1.807, 2.05) is 0 Å². The molecule has 1 aliphatic heterocycles. The van der Waals surface area contributed by atoms with Gasteiger partial charge in [0.2, 0.25) is 0 Å². The van der Waals surface area contributed by atoms with Crippen molar-refractivity contribution in [3.05, 3.63) is 28.8 Å². The molecular weight excluding hydrogens is 216 g/mol. The highest BCUT2D eigenvalue weighted by Crippen LogP contribution is 2.31. The van der Waals surface area contributed by atoms with E-state index in [-0.39, 0.29) is 6.29 Å². The summed E-state index contributed by atoms with van der Waals surface area (Å²) in [7, 11) is 0. The lowest BCUT2D eigenvalue weighted by Crippen LogP contribution is -2.05. The van der Waals surface area contributed by atoms with Crippen LogP contribution in [0.1, 0.15) is 36.3 Å². The lowest BCUT2D eigenvalue weighted by atomic mass is 10.0. The first kappa shape index (κ1) is 12.4. The van der Waals surface area contributed by atoms with Crippen LogP contribution in [0.5, 0.6) is 5.75 Å². The largest absolute Gasteiger partial charge is 0.494 e. The Balaban J connectivity index is 2.22. The molecule has 1 fully saturated rings. The van der Waals surface area contributed by atoms with Crippen LogP contribution in [0.4, 0.5) is 0 Å². The van der Waals surface area contributed by atoms with E-state index in [0.29, 0.717) is 13.2 Å². The first-order valence-corrected chi connectivity index (χ1v) is 6.19. The summed E-state index contributed by atoms with van der Waals surface area (Å²) in [5, 5.41) is 0. The Labute approximate surface area is 103 Å². The maximum absolute atomic E-state index is 5.65. The normalized spacial score (nSPS) is 16.4. The molecule has 0 spiro atoms. The van der Waals surface area contributed by atoms with Gasteiger partial charge in [-0.25, -0.2) is 0 Å². The Morgan fingerprint density at radius 2 is 1.76 bits per heavy atom. The number of benzene rings is 1. The number of aryl methyl sites for hydroxylation is 2. The molecule has 1 aliphatic rings. The van der Waals surface area contributed by atoms with Crippen molar-refractivity contribution in [3.8, 4) is 5.75 Å². The van der Waals surface area contributed by atoms with Gasteiger partial charge in [0.25, 0.3) is 0 Å². The molecule has 0 aliphatic carbocycles. The minimum absolute atomic E-state index is 0.199. The molecule has 0 radical (unpaired) electrons. The molecule has 1 saturated heterocycles. The van der Waals surface area contributed by atoms with Gasteiger partial charge in [-0.3, -0.25) is 0 Å². The van der Waals surface area contributed by atoms with Crippen LogP contribution in [-0.4, -0.2) is 19.8 Å². The summed E-state index contributed by atoms with van der Waals surface area (Å²) < 4.78 is 16.8. The molecule has 0 amide bonds. The van der Waals surface area contributed by atoms with Gasteiger partial charge in [-0.05, 0) is 43.5 Å². The van der Waals surface area contributed by atoms with Gasteiger partial charge < -0.3 is 14.2 Å². The molecule has 94 valence electrons. The fraction of sp³-hybridized carbons (Fsp3) is 0.571. The number of rotatable bonds is 4. The second-order valence-corrected chi connectivity index (χ2v) is 4.39. The quantitative estimate of drug-likeness (QED) is 0.803. The molecule has 0 atom stereocenters. The molecule has 3 heteroatoms. The minimum atomic E-state index is -0.199. The van der Waals surface area contributed by atoms with Crippen molar-refractivity contribution in [3.63, 3.8) is 0 Å². The fourth-order valence-electron chi connectivity index (χ4n) is 2.14. The van der Waals surface area contributed by atoms with Crippen molar-refractivity contribution in [1.29, 1.82) is 0 Å². The van der Waals surface area contributed by atoms with Gasteiger partial charge in [0.1, 0.15) is 5.75 Å². The lowest BCUT2D eigenvalue weighted by Gasteiger charge is -2.17. The van der Waals surface area contributed by atoms with Gasteiger partial charge >= 0.3 is 0 Å². The van der Waals surface area contributed by atoms with Gasteiger partial charge in [-0.1, -0.05) is 6.92 Å². The van der Waals surface area contributed by atoms with Crippen LogP contribution in [0, 0.1) is 13.8 Å². The Hall–Kier alpha value is -1.06. The zero-order chi connectivity index (χ0) is 12.3. The highest BCUT2D eigenvalue weighted by molar-refractivity contribution is 5.42. The third-order valence-corrected chi connectivity index (χ3v) is 2.90. The third-order valence-electron chi connectivity index (χ3n) is 2.90. The first-order chi connectivity index (χ1) is 8.22. The Morgan fingerprint density at radius 3 is 2.29 bits per heavy atom. The van der Waals surface area contributed by atoms with E-state index in [1.165, 1.54) is 11.1 Å². The highest BCUT2D eigenvalue weighted by Gasteiger charge is 2.22. The van der Waals surface area contributed by atoms with E-state index in [0.717, 1.165) is 24.3 Å². The fourth-order valence-corrected chi connectivity index (χ4v) is 2.14. The lowest BCUT2D eigenvalue weighted by molar-refractivity contribution is -0.0449. The summed E-state index contributed by atoms with van der Waals surface area (Å²) in [6.45, 7) is 8.37. The summed E-state index contributed by atoms with van der Waals surface area (Å²) >= 11 is 0. The van der Waals surface area contributed by atoms with Crippen molar-refractivity contribution in [2.75, 3.05) is 19.8 Å². The average molecular weight is 236 g/mol. The van der Waals surface area contributed by atoms with Crippen LogP contribution in [0.2, 0.25) is 0 Å². The maximum Gasteiger partial charge on any atom is 0.184 e. The SMILES string of the molecule is CCCOc1cc(C)c(C2OCCO2)c(C)c1. The van der Waals surface area contributed by atoms with E-state index in [9.17, 15) is 0 Å². The van der Waals surface area contributed by atoms with Crippen molar-refractivity contribution in [1.82, 2.24) is 0 Å². The van der Waals surface area contributed by atoms with Crippen LogP contribution < -0.4 is 4.74 Å². The number of hydrogen-bond acceptors (Lipinski definition) is 3. The van der Waals surface area contributed by atoms with Gasteiger partial charge in [-0.2, -0.15) is 0 Å². The van der Waals surface area contributed by atoms with Crippen LogP contribution >= 0.6 is 0 Å². The van der Waals surface area contributed by atoms with Crippen LogP contribution in [0.25, 0.3) is 0 Å². The predicted molar refractivity (Wildman–Crippen MR) is 66.3 cm³/mol. The van der Waals surface area contributed by atoms with E-state index in [1.54, 1.807) is 0 Å². The highest BCUT2D eigenvalue weighted by atomic mass is 16.7. The molecule has 0 bridgehead atoms. The van der Waals surface area contributed by atoms with Gasteiger partial charge in [0.05, 0.1) is 19.8 Å². The molecule has 0 aromatic heterocycles. The van der Waals surface area contributed by atoms with Crippen molar-refractivity contribution in [2.24, 2.45) is 0 Å². The van der Waals surface area contributed by atoms with Crippen LogP contribution in [-0.2, 0) is 9.47 Å². The Kier molecular flexibility index (Phi) is 4.02. The number of hydrogen-bond donors (Lipinski definition) is 0. The molecule has 2 rings (SSSR count). The molecule has 1 aromatic rings. The van der Waals surface area contributed by atoms with Crippen LogP contribution in [0.3, 0.4) is 0 Å². The standard InChI is InChI=1S/C14H20O3/c1-4-5-15-12-8-10(2)13(11(3)9-12)14-16-6-7-17-14/h8-9,14H,4-7H2,1-3H3. The van der Waals surface area contributed by atoms with Gasteiger partial charge in [0.15, 0.2) is 6.29 Å². The number of ether oxygens (including phenoxy) is 3. The molecule has 17 heavy (non-hydrogen) atoms. The molecule has 1 heterocycles. The Bertz CT molecular complexity index is 358. The van der Waals surface area contributed by atoms with Crippen molar-refractivity contribution in [2.45, 2.75) is 33.5 Å². The maximum atomic E-state index is 5.65. The summed E-state index contributed by atoms with van der Waals surface area (Å²) in [5.41, 5.74) is 3.48. The summed E-state index contributed by atoms with van der Waals surface area (Å²) in [6, 6.07) is 4.12. The average Bonchev–Trinajstić information content (AvgIpc) is 2.79. The molecular formula is C14H20O3. The molecule has 3 nitrogen and oxygen atoms in total. The topological polar surface area (TPSA) is 27.7 Å². The molecule has 0 saturated carbocycles. The van der Waals surface area contributed by atoms with E-state index >= 15 is 0 Å². The zero-order valence-corrected chi connectivity index (χ0v) is 10.8. The van der Waals surface area contributed by atoms with E-state index < -0.39 is 0 Å². The van der Waals surface area contributed by atoms with Gasteiger partial charge in [-0.15, -0.1) is 0 Å². The second kappa shape index (κ2) is 5.52. The minimum Gasteiger partial charge on any atom is -0.494 e. The predicted octanol–water partition coefficient (Wildman–Crippen LogP) is 3.14. The monoisotopic (exact) mass is 236 g/mol. The summed E-state index contributed by atoms with van der Waals surface area (Å²) in [5.74, 6) is 0.934. The third kappa shape index (κ3) is 2.79. The van der Waals surface area contributed by atoms with E-state index in [4.69, 9.17) is 14.2 Å². The summed E-state index contributed by atoms with van der Waals surface area (Å²) in [6.07, 6.45) is 0.824. The second-order valence-electron chi connectivity index (χ2n) is 4.39. The summed E-state index contributed by atoms with van der Waals surface area (Å²) in [4.78, 5) is 0. The molecule has 0 N–H and O–H groups in total. The molecule has 0 unspecified atom stereocenters. The zero-order valence-electron chi connectivity index (χ0n) is 10.8. The van der Waals surface area contributed by atoms with E-state index in [2.05, 4.69) is 32.9 Å². The van der Waals surface area contributed by atoms with Gasteiger partial charge in [0, 0.05) is 5.56 Å².